The van der Waals surface area contributed by atoms with Crippen LogP contribution in [0.15, 0.2) is 18.3 Å². The molecule has 3 heteroatoms. The number of nitrogen functional groups attached to an aromatic ring is 1. The molecule has 1 heterocycles. The molecule has 3 nitrogen and oxygen atoms in total. The number of hydrogen-bond donors (Lipinski definition) is 1. The third kappa shape index (κ3) is 2.65. The maximum atomic E-state index is 12.3. The van der Waals surface area contributed by atoms with Gasteiger partial charge in [0.1, 0.15) is 5.69 Å². The number of anilines is 1. The summed E-state index contributed by atoms with van der Waals surface area (Å²) in [5.74, 6) is 0.967. The molecular weight excluding hydrogens is 212 g/mol. The maximum absolute atomic E-state index is 12.3. The normalized spacial score (nSPS) is 24.5. The van der Waals surface area contributed by atoms with Crippen LogP contribution in [0.2, 0.25) is 0 Å². The van der Waals surface area contributed by atoms with Crippen molar-refractivity contribution in [3.63, 3.8) is 0 Å². The number of ketones is 1. The minimum absolute atomic E-state index is 0.130. The van der Waals surface area contributed by atoms with Gasteiger partial charge in [0.2, 0.25) is 0 Å². The number of aromatic nitrogens is 1. The second kappa shape index (κ2) is 5.30. The Bertz CT molecular complexity index is 403. The lowest BCUT2D eigenvalue weighted by atomic mass is 9.77. The van der Waals surface area contributed by atoms with Crippen LogP contribution in [0.25, 0.3) is 0 Å². The number of Topliss-reactive ketones (excluding diaryl/α,β-unsaturated/α-hetero) is 1. The molecule has 0 saturated heterocycles. The first-order chi connectivity index (χ1) is 8.22. The quantitative estimate of drug-likeness (QED) is 0.815. The van der Waals surface area contributed by atoms with Crippen molar-refractivity contribution in [3.05, 3.63) is 24.0 Å². The molecule has 2 rings (SSSR count). The van der Waals surface area contributed by atoms with Crippen LogP contribution in [-0.2, 0) is 0 Å². The van der Waals surface area contributed by atoms with E-state index in [2.05, 4.69) is 11.9 Å². The highest BCUT2D eigenvalue weighted by molar-refractivity contribution is 6.00. The SMILES string of the molecule is CCC1CCCC(C(=O)c2ncccc2N)C1. The van der Waals surface area contributed by atoms with E-state index in [1.807, 2.05) is 0 Å². The van der Waals surface area contributed by atoms with Crippen LogP contribution in [0.1, 0.15) is 49.5 Å². The van der Waals surface area contributed by atoms with Crippen molar-refractivity contribution < 1.29 is 4.79 Å². The van der Waals surface area contributed by atoms with Crippen LogP contribution in [0, 0.1) is 11.8 Å². The van der Waals surface area contributed by atoms with Gasteiger partial charge in [-0.15, -0.1) is 0 Å². The number of rotatable bonds is 3. The van der Waals surface area contributed by atoms with Gasteiger partial charge in [-0.05, 0) is 30.9 Å². The maximum Gasteiger partial charge on any atom is 0.186 e. The summed E-state index contributed by atoms with van der Waals surface area (Å²) < 4.78 is 0. The van der Waals surface area contributed by atoms with E-state index < -0.39 is 0 Å². The predicted octanol–water partition coefficient (Wildman–Crippen LogP) is 3.06. The topological polar surface area (TPSA) is 56.0 Å². The molecule has 0 radical (unpaired) electrons. The zero-order valence-corrected chi connectivity index (χ0v) is 10.4. The standard InChI is InChI=1S/C14H20N2O/c1-2-10-5-3-6-11(9-10)14(17)13-12(15)7-4-8-16-13/h4,7-8,10-11H,2-3,5-6,9,15H2,1H3. The van der Waals surface area contributed by atoms with Gasteiger partial charge < -0.3 is 5.73 Å². The van der Waals surface area contributed by atoms with Crippen molar-refractivity contribution >= 4 is 11.5 Å². The molecule has 2 N–H and O–H groups in total. The predicted molar refractivity (Wildman–Crippen MR) is 68.7 cm³/mol. The molecule has 0 aliphatic heterocycles. The highest BCUT2D eigenvalue weighted by Gasteiger charge is 2.28. The Labute approximate surface area is 102 Å². The number of hydrogen-bond acceptors (Lipinski definition) is 3. The smallest absolute Gasteiger partial charge is 0.186 e. The lowest BCUT2D eigenvalue weighted by molar-refractivity contribution is 0.0858. The van der Waals surface area contributed by atoms with Crippen LogP contribution >= 0.6 is 0 Å². The summed E-state index contributed by atoms with van der Waals surface area (Å²) in [5, 5.41) is 0. The lowest BCUT2D eigenvalue weighted by Crippen LogP contribution is -2.24. The zero-order chi connectivity index (χ0) is 12.3. The number of carbonyl (C=O) groups is 1. The fourth-order valence-corrected chi connectivity index (χ4v) is 2.72. The fraction of sp³-hybridized carbons (Fsp3) is 0.571. The Hall–Kier alpha value is -1.38. The molecule has 0 bridgehead atoms. The highest BCUT2D eigenvalue weighted by atomic mass is 16.1. The first kappa shape index (κ1) is 12.1. The van der Waals surface area contributed by atoms with Crippen molar-refractivity contribution in [2.24, 2.45) is 11.8 Å². The van der Waals surface area contributed by atoms with E-state index in [4.69, 9.17) is 5.73 Å². The van der Waals surface area contributed by atoms with Gasteiger partial charge in [-0.3, -0.25) is 9.78 Å². The van der Waals surface area contributed by atoms with E-state index >= 15 is 0 Å². The zero-order valence-electron chi connectivity index (χ0n) is 10.4. The van der Waals surface area contributed by atoms with Crippen molar-refractivity contribution in [2.45, 2.75) is 39.0 Å². The first-order valence-corrected chi connectivity index (χ1v) is 6.47. The van der Waals surface area contributed by atoms with E-state index in [1.165, 1.54) is 12.8 Å². The number of carbonyl (C=O) groups excluding carboxylic acids is 1. The van der Waals surface area contributed by atoms with Gasteiger partial charge in [0.15, 0.2) is 5.78 Å². The van der Waals surface area contributed by atoms with Crippen LogP contribution in [0.3, 0.4) is 0 Å². The molecule has 1 saturated carbocycles. The first-order valence-electron chi connectivity index (χ1n) is 6.47. The molecule has 2 unspecified atom stereocenters. The summed E-state index contributed by atoms with van der Waals surface area (Å²) >= 11 is 0. The van der Waals surface area contributed by atoms with Crippen molar-refractivity contribution in [1.82, 2.24) is 4.98 Å². The molecule has 1 aromatic heterocycles. The summed E-state index contributed by atoms with van der Waals surface area (Å²) in [4.78, 5) is 16.5. The largest absolute Gasteiger partial charge is 0.397 e. The molecule has 0 aromatic carbocycles. The average molecular weight is 232 g/mol. The number of nitrogens with zero attached hydrogens (tertiary/aromatic N) is 1. The lowest BCUT2D eigenvalue weighted by Gasteiger charge is -2.27. The number of nitrogens with two attached hydrogens (primary N) is 1. The van der Waals surface area contributed by atoms with Gasteiger partial charge >= 0.3 is 0 Å². The molecule has 1 aromatic rings. The Morgan fingerprint density at radius 2 is 2.35 bits per heavy atom. The Morgan fingerprint density at radius 1 is 1.53 bits per heavy atom. The van der Waals surface area contributed by atoms with Gasteiger partial charge in [-0.25, -0.2) is 0 Å². The van der Waals surface area contributed by atoms with Crippen molar-refractivity contribution in [2.75, 3.05) is 5.73 Å². The van der Waals surface area contributed by atoms with Gasteiger partial charge in [0, 0.05) is 12.1 Å². The van der Waals surface area contributed by atoms with Gasteiger partial charge in [-0.2, -0.15) is 0 Å². The second-order valence-electron chi connectivity index (χ2n) is 4.94. The monoisotopic (exact) mass is 232 g/mol. The summed E-state index contributed by atoms with van der Waals surface area (Å²) in [6.07, 6.45) is 7.22. The summed E-state index contributed by atoms with van der Waals surface area (Å²) in [6, 6.07) is 3.52. The molecule has 1 fully saturated rings. The van der Waals surface area contributed by atoms with Crippen molar-refractivity contribution in [3.8, 4) is 0 Å². The molecule has 1 aliphatic rings. The minimum atomic E-state index is 0.130. The molecule has 2 atom stereocenters. The van der Waals surface area contributed by atoms with E-state index in [0.29, 0.717) is 17.3 Å². The van der Waals surface area contributed by atoms with Crippen molar-refractivity contribution in [1.29, 1.82) is 0 Å². The molecular formula is C14H20N2O. The van der Waals surface area contributed by atoms with Gasteiger partial charge in [0.05, 0.1) is 5.69 Å². The number of pyridine rings is 1. The molecule has 0 spiro atoms. The fourth-order valence-electron chi connectivity index (χ4n) is 2.72. The molecule has 1 aliphatic carbocycles. The average Bonchev–Trinajstić information content (AvgIpc) is 2.38. The third-order valence-corrected chi connectivity index (χ3v) is 3.80. The van der Waals surface area contributed by atoms with E-state index in [0.717, 1.165) is 19.3 Å². The van der Waals surface area contributed by atoms with Crippen LogP contribution in [0.4, 0.5) is 5.69 Å². The van der Waals surface area contributed by atoms with Crippen LogP contribution in [0.5, 0.6) is 0 Å². The molecule has 92 valence electrons. The minimum Gasteiger partial charge on any atom is -0.397 e. The van der Waals surface area contributed by atoms with E-state index in [1.54, 1.807) is 18.3 Å². The molecule has 17 heavy (non-hydrogen) atoms. The Balaban J connectivity index is 2.12. The van der Waals surface area contributed by atoms with Gasteiger partial charge in [0.25, 0.3) is 0 Å². The summed E-state index contributed by atoms with van der Waals surface area (Å²) in [7, 11) is 0. The summed E-state index contributed by atoms with van der Waals surface area (Å²) in [5.41, 5.74) is 6.79. The second-order valence-corrected chi connectivity index (χ2v) is 4.94. The molecule has 0 amide bonds. The van der Waals surface area contributed by atoms with Crippen LogP contribution in [-0.4, -0.2) is 10.8 Å². The third-order valence-electron chi connectivity index (χ3n) is 3.80. The highest BCUT2D eigenvalue weighted by Crippen LogP contribution is 2.33. The summed E-state index contributed by atoms with van der Waals surface area (Å²) in [6.45, 7) is 2.20. The Kier molecular flexibility index (Phi) is 3.77. The Morgan fingerprint density at radius 3 is 3.06 bits per heavy atom. The van der Waals surface area contributed by atoms with Gasteiger partial charge in [-0.1, -0.05) is 26.2 Å². The van der Waals surface area contributed by atoms with E-state index in [-0.39, 0.29) is 11.7 Å². The van der Waals surface area contributed by atoms with Crippen LogP contribution < -0.4 is 5.73 Å². The van der Waals surface area contributed by atoms with E-state index in [9.17, 15) is 4.79 Å².